The number of nitrogens with zero attached hydrogens (tertiary/aromatic N) is 3. The normalized spacial score (nSPS) is 12.0. The molecule has 11 heteroatoms. The lowest BCUT2D eigenvalue weighted by atomic mass is 10.0. The first kappa shape index (κ1) is 27.8. The van der Waals surface area contributed by atoms with Crippen LogP contribution in [0.15, 0.2) is 70.3 Å². The molecule has 2 N–H and O–H groups in total. The van der Waals surface area contributed by atoms with E-state index in [9.17, 15) is 14.7 Å². The van der Waals surface area contributed by atoms with Crippen LogP contribution >= 0.6 is 39.1 Å². The van der Waals surface area contributed by atoms with Gasteiger partial charge in [-0.2, -0.15) is 0 Å². The van der Waals surface area contributed by atoms with Crippen LogP contribution in [0.25, 0.3) is 0 Å². The van der Waals surface area contributed by atoms with Crippen molar-refractivity contribution < 1.29 is 14.6 Å². The number of carboxylic acid groups (broad SMARTS) is 1. The molecule has 0 fully saturated rings. The molecular formula is C27H25BrCl2N4O4. The molecule has 2 aromatic heterocycles. The van der Waals surface area contributed by atoms with Crippen molar-refractivity contribution in [2.24, 2.45) is 0 Å². The summed E-state index contributed by atoms with van der Waals surface area (Å²) in [5.41, 5.74) is 1.68. The lowest BCUT2D eigenvalue weighted by Gasteiger charge is -2.25. The van der Waals surface area contributed by atoms with Crippen LogP contribution in [0.1, 0.15) is 53.2 Å². The Labute approximate surface area is 237 Å². The van der Waals surface area contributed by atoms with Crippen LogP contribution in [0.5, 0.6) is 5.75 Å². The number of imidazole rings is 1. The number of nitrogens with one attached hydrogen (secondary N) is 1. The summed E-state index contributed by atoms with van der Waals surface area (Å²) < 4.78 is 8.85. The quantitative estimate of drug-likeness (QED) is 0.218. The second kappa shape index (κ2) is 11.6. The van der Waals surface area contributed by atoms with Crippen molar-refractivity contribution in [3.63, 3.8) is 0 Å². The van der Waals surface area contributed by atoms with Gasteiger partial charge in [0.05, 0.1) is 30.4 Å². The molecule has 1 atom stereocenters. The maximum atomic E-state index is 13.6. The number of methoxy groups -OCH3 is 1. The molecule has 0 aliphatic heterocycles. The molecule has 0 saturated carbocycles. The molecule has 8 nitrogen and oxygen atoms in total. The molecule has 4 aromatic rings. The molecule has 4 rings (SSSR count). The van der Waals surface area contributed by atoms with Gasteiger partial charge in [-0.05, 0) is 71.2 Å². The number of carboxylic acids is 1. The zero-order valence-corrected chi connectivity index (χ0v) is 23.9. The number of benzene rings is 2. The maximum absolute atomic E-state index is 13.6. The number of halogens is 3. The van der Waals surface area contributed by atoms with E-state index in [1.54, 1.807) is 42.1 Å². The highest BCUT2D eigenvalue weighted by Gasteiger charge is 2.30. The van der Waals surface area contributed by atoms with Crippen molar-refractivity contribution in [2.75, 3.05) is 12.4 Å². The van der Waals surface area contributed by atoms with Gasteiger partial charge in [0, 0.05) is 17.3 Å². The number of anilines is 1. The van der Waals surface area contributed by atoms with E-state index < -0.39 is 12.0 Å². The van der Waals surface area contributed by atoms with E-state index in [2.05, 4.69) is 26.2 Å². The fourth-order valence-corrected chi connectivity index (χ4v) is 5.34. The minimum Gasteiger partial charge on any atom is -0.497 e. The highest BCUT2D eigenvalue weighted by molar-refractivity contribution is 9.10. The first-order valence-electron chi connectivity index (χ1n) is 11.6. The van der Waals surface area contributed by atoms with Crippen LogP contribution in [0.4, 0.5) is 5.69 Å². The van der Waals surface area contributed by atoms with Gasteiger partial charge in [0.1, 0.15) is 11.4 Å². The third kappa shape index (κ3) is 5.90. The maximum Gasteiger partial charge on any atom is 0.356 e. The summed E-state index contributed by atoms with van der Waals surface area (Å²) >= 11 is 16.0. The second-order valence-electron chi connectivity index (χ2n) is 8.87. The second-order valence-corrected chi connectivity index (χ2v) is 10.4. The summed E-state index contributed by atoms with van der Waals surface area (Å²) in [5.74, 6) is -0.480. The number of ether oxygens (including phenoxy) is 1. The van der Waals surface area contributed by atoms with Crippen molar-refractivity contribution in [2.45, 2.75) is 32.5 Å². The monoisotopic (exact) mass is 618 g/mol. The van der Waals surface area contributed by atoms with Crippen LogP contribution < -0.4 is 15.6 Å². The van der Waals surface area contributed by atoms with Gasteiger partial charge < -0.3 is 24.3 Å². The van der Waals surface area contributed by atoms with E-state index in [0.717, 1.165) is 5.56 Å². The first-order chi connectivity index (χ1) is 18.1. The molecule has 0 spiro atoms. The van der Waals surface area contributed by atoms with E-state index in [1.807, 2.05) is 38.1 Å². The first-order valence-corrected chi connectivity index (χ1v) is 13.2. The highest BCUT2D eigenvalue weighted by Crippen LogP contribution is 2.34. The molecule has 0 amide bonds. The van der Waals surface area contributed by atoms with Gasteiger partial charge in [0.2, 0.25) is 0 Å². The van der Waals surface area contributed by atoms with E-state index >= 15 is 0 Å². The van der Waals surface area contributed by atoms with E-state index in [0.29, 0.717) is 31.8 Å². The predicted octanol–water partition coefficient (Wildman–Crippen LogP) is 6.65. The standard InChI is InChI=1S/C27H25BrCl2N4O4/c1-15(2)34-24(23(26(36)37)32-27(34)28)22(17-6-8-18(29)9-7-17)31-21-12-19(30)14-33(25(21)35)13-16-4-10-20(38-3)11-5-16/h4-12,14-15,22,31H,13H2,1-3H3,(H,36,37). The lowest BCUT2D eigenvalue weighted by molar-refractivity contribution is 0.0689. The number of hydrogen-bond acceptors (Lipinski definition) is 5. The predicted molar refractivity (Wildman–Crippen MR) is 152 cm³/mol. The molecule has 0 aliphatic rings. The van der Waals surface area contributed by atoms with Gasteiger partial charge in [-0.3, -0.25) is 4.79 Å². The Morgan fingerprint density at radius 1 is 1.11 bits per heavy atom. The summed E-state index contributed by atoms with van der Waals surface area (Å²) in [6.07, 6.45) is 1.56. The van der Waals surface area contributed by atoms with Crippen LogP contribution in [-0.2, 0) is 6.54 Å². The lowest BCUT2D eigenvalue weighted by Crippen LogP contribution is -2.27. The molecular weight excluding hydrogens is 595 g/mol. The molecule has 1 unspecified atom stereocenters. The summed E-state index contributed by atoms with van der Waals surface area (Å²) in [5, 5.41) is 14.1. The van der Waals surface area contributed by atoms with Crippen molar-refractivity contribution in [3.05, 3.63) is 108 Å². The molecule has 2 aromatic carbocycles. The van der Waals surface area contributed by atoms with Gasteiger partial charge in [0.25, 0.3) is 5.56 Å². The van der Waals surface area contributed by atoms with E-state index in [4.69, 9.17) is 27.9 Å². The number of rotatable bonds is 9. The molecule has 0 aliphatic carbocycles. The third-order valence-electron chi connectivity index (χ3n) is 5.97. The Balaban J connectivity index is 1.84. The van der Waals surface area contributed by atoms with Gasteiger partial charge in [-0.15, -0.1) is 0 Å². The van der Waals surface area contributed by atoms with Gasteiger partial charge >= 0.3 is 5.97 Å². The van der Waals surface area contributed by atoms with Crippen LogP contribution in [0.2, 0.25) is 10.0 Å². The number of carbonyl (C=O) groups is 1. The fourth-order valence-electron chi connectivity index (χ4n) is 4.21. The largest absolute Gasteiger partial charge is 0.497 e. The van der Waals surface area contributed by atoms with Gasteiger partial charge in [-0.1, -0.05) is 47.5 Å². The Bertz CT molecular complexity index is 1520. The Morgan fingerprint density at radius 2 is 1.76 bits per heavy atom. The summed E-state index contributed by atoms with van der Waals surface area (Å²) in [7, 11) is 1.59. The van der Waals surface area contributed by atoms with Crippen LogP contribution in [0.3, 0.4) is 0 Å². The number of hydrogen-bond donors (Lipinski definition) is 2. The summed E-state index contributed by atoms with van der Waals surface area (Å²) in [6, 6.07) is 15.0. The van der Waals surface area contributed by atoms with Crippen molar-refractivity contribution in [3.8, 4) is 5.75 Å². The molecule has 2 heterocycles. The number of aromatic carboxylic acids is 1. The molecule has 198 valence electrons. The topological polar surface area (TPSA) is 98.4 Å². The van der Waals surface area contributed by atoms with Crippen LogP contribution in [-0.4, -0.2) is 32.3 Å². The van der Waals surface area contributed by atoms with E-state index in [-0.39, 0.29) is 29.5 Å². The average Bonchev–Trinajstić information content (AvgIpc) is 3.23. The Morgan fingerprint density at radius 3 is 2.34 bits per heavy atom. The number of aromatic nitrogens is 3. The zero-order chi connectivity index (χ0) is 27.6. The van der Waals surface area contributed by atoms with Crippen LogP contribution in [0, 0.1) is 0 Å². The Hall–Kier alpha value is -3.27. The minimum absolute atomic E-state index is 0.136. The van der Waals surface area contributed by atoms with E-state index in [1.165, 1.54) is 10.6 Å². The fraction of sp³-hybridized carbons (Fsp3) is 0.222. The third-order valence-corrected chi connectivity index (χ3v) is 6.98. The minimum atomic E-state index is -1.19. The van der Waals surface area contributed by atoms with Crippen molar-refractivity contribution in [1.82, 2.24) is 14.1 Å². The van der Waals surface area contributed by atoms with Gasteiger partial charge in [-0.25, -0.2) is 9.78 Å². The molecule has 0 saturated heterocycles. The Kier molecular flexibility index (Phi) is 8.50. The average molecular weight is 620 g/mol. The molecule has 0 radical (unpaired) electrons. The summed E-state index contributed by atoms with van der Waals surface area (Å²) in [4.78, 5) is 30.1. The zero-order valence-electron chi connectivity index (χ0n) is 20.8. The SMILES string of the molecule is COc1ccc(Cn2cc(Cl)cc(NC(c3ccc(Cl)cc3)c3c(C(=O)O)nc(Br)n3C(C)C)c2=O)cc1. The highest BCUT2D eigenvalue weighted by atomic mass is 79.9. The summed E-state index contributed by atoms with van der Waals surface area (Å²) in [6.45, 7) is 4.11. The van der Waals surface area contributed by atoms with Gasteiger partial charge in [0.15, 0.2) is 10.4 Å². The van der Waals surface area contributed by atoms with Crippen molar-refractivity contribution in [1.29, 1.82) is 0 Å². The number of pyridine rings is 1. The molecule has 0 bridgehead atoms. The smallest absolute Gasteiger partial charge is 0.356 e. The molecule has 38 heavy (non-hydrogen) atoms. The van der Waals surface area contributed by atoms with Crippen molar-refractivity contribution >= 4 is 50.8 Å².